The summed E-state index contributed by atoms with van der Waals surface area (Å²) < 4.78 is 5.64. The summed E-state index contributed by atoms with van der Waals surface area (Å²) in [6.07, 6.45) is 0.526. The first-order chi connectivity index (χ1) is 14.0. The predicted molar refractivity (Wildman–Crippen MR) is 114 cm³/mol. The second kappa shape index (κ2) is 7.93. The van der Waals surface area contributed by atoms with E-state index in [0.717, 1.165) is 11.3 Å². The maximum absolute atomic E-state index is 13.8. The highest BCUT2D eigenvalue weighted by Crippen LogP contribution is 2.52. The van der Waals surface area contributed by atoms with E-state index in [1.54, 1.807) is 9.80 Å². The minimum Gasteiger partial charge on any atom is -0.481 e. The van der Waals surface area contributed by atoms with E-state index >= 15 is 0 Å². The molecule has 0 bridgehead atoms. The predicted octanol–water partition coefficient (Wildman–Crippen LogP) is 3.80. The van der Waals surface area contributed by atoms with Gasteiger partial charge in [0.25, 0.3) is 0 Å². The first-order valence-electron chi connectivity index (χ1n) is 10.6. The molecule has 30 heavy (non-hydrogen) atoms. The van der Waals surface area contributed by atoms with E-state index in [1.165, 1.54) is 0 Å². The first-order valence-corrected chi connectivity index (χ1v) is 10.6. The van der Waals surface area contributed by atoms with E-state index in [1.807, 2.05) is 58.9 Å². The van der Waals surface area contributed by atoms with Crippen LogP contribution in [0, 0.1) is 5.92 Å². The molecule has 1 N–H and O–H groups in total. The van der Waals surface area contributed by atoms with Crippen LogP contribution < -0.4 is 4.90 Å². The van der Waals surface area contributed by atoms with Gasteiger partial charge < -0.3 is 19.6 Å². The summed E-state index contributed by atoms with van der Waals surface area (Å²) >= 11 is 0. The molecular formula is C23H32N2O5. The van der Waals surface area contributed by atoms with Gasteiger partial charge in [0, 0.05) is 25.2 Å². The number of aliphatic carboxylic acids is 1. The van der Waals surface area contributed by atoms with Gasteiger partial charge in [0.05, 0.1) is 11.5 Å². The van der Waals surface area contributed by atoms with Crippen molar-refractivity contribution in [1.82, 2.24) is 4.90 Å². The van der Waals surface area contributed by atoms with Crippen molar-refractivity contribution in [3.63, 3.8) is 0 Å². The highest BCUT2D eigenvalue weighted by atomic mass is 16.6. The van der Waals surface area contributed by atoms with Crippen LogP contribution in [0.3, 0.4) is 0 Å². The van der Waals surface area contributed by atoms with Gasteiger partial charge in [0.1, 0.15) is 5.60 Å². The second-order valence-corrected chi connectivity index (χ2v) is 9.56. The van der Waals surface area contributed by atoms with Crippen molar-refractivity contribution in [2.24, 2.45) is 5.92 Å². The Morgan fingerprint density at radius 2 is 1.93 bits per heavy atom. The van der Waals surface area contributed by atoms with Crippen LogP contribution in [0.5, 0.6) is 0 Å². The van der Waals surface area contributed by atoms with E-state index < -0.39 is 23.1 Å². The lowest BCUT2D eigenvalue weighted by molar-refractivity contribution is -0.137. The third-order valence-electron chi connectivity index (χ3n) is 5.92. The number of hydrogen-bond donors (Lipinski definition) is 1. The molecule has 2 aliphatic heterocycles. The second-order valence-electron chi connectivity index (χ2n) is 9.56. The Labute approximate surface area is 178 Å². The van der Waals surface area contributed by atoms with E-state index in [4.69, 9.17) is 9.84 Å². The number of benzene rings is 1. The van der Waals surface area contributed by atoms with Crippen LogP contribution in [0.4, 0.5) is 10.5 Å². The van der Waals surface area contributed by atoms with Crippen molar-refractivity contribution in [1.29, 1.82) is 0 Å². The Balaban J connectivity index is 1.99. The van der Waals surface area contributed by atoms with Crippen LogP contribution in [0.2, 0.25) is 0 Å². The van der Waals surface area contributed by atoms with E-state index in [0.29, 0.717) is 25.9 Å². The van der Waals surface area contributed by atoms with Crippen molar-refractivity contribution < 1.29 is 24.2 Å². The summed E-state index contributed by atoms with van der Waals surface area (Å²) in [5.41, 5.74) is 0.305. The van der Waals surface area contributed by atoms with Crippen LogP contribution in [-0.4, -0.2) is 52.7 Å². The molecule has 2 amide bonds. The lowest BCUT2D eigenvalue weighted by Gasteiger charge is -2.37. The van der Waals surface area contributed by atoms with Gasteiger partial charge in [-0.25, -0.2) is 4.79 Å². The Bertz CT molecular complexity index is 844. The van der Waals surface area contributed by atoms with Gasteiger partial charge in [0.2, 0.25) is 5.91 Å². The molecule has 0 aliphatic carbocycles. The number of carbonyl (C=O) groups excluding carboxylic acids is 2. The van der Waals surface area contributed by atoms with Crippen LogP contribution in [-0.2, 0) is 19.7 Å². The average Bonchev–Trinajstić information content (AvgIpc) is 3.14. The van der Waals surface area contributed by atoms with Gasteiger partial charge in [-0.05, 0) is 51.2 Å². The first kappa shape index (κ1) is 22.1. The third kappa shape index (κ3) is 3.77. The fourth-order valence-electron chi connectivity index (χ4n) is 4.99. The van der Waals surface area contributed by atoms with E-state index in [-0.39, 0.29) is 24.3 Å². The molecule has 2 heterocycles. The molecule has 1 aromatic carbocycles. The number of amides is 2. The minimum absolute atomic E-state index is 0.0105. The fourth-order valence-corrected chi connectivity index (χ4v) is 4.99. The lowest BCUT2D eigenvalue weighted by Crippen LogP contribution is -2.54. The van der Waals surface area contributed by atoms with Gasteiger partial charge >= 0.3 is 12.1 Å². The Hall–Kier alpha value is -2.57. The standard InChI is InChI=1S/C23H32N2O5/c1-15(2)19-23(12-14-25(19)21(29)30-22(3,4)5)16-9-6-7-10-17(16)24(20(23)28)13-8-11-18(26)27/h6-7,9-10,15,19H,8,11-14H2,1-5H3,(H,26,27)/t19-,23-/m0/s1. The number of ether oxygens (including phenoxy) is 1. The number of para-hydroxylation sites is 1. The van der Waals surface area contributed by atoms with Crippen molar-refractivity contribution in [3.05, 3.63) is 29.8 Å². The minimum atomic E-state index is -0.873. The Morgan fingerprint density at radius 3 is 2.53 bits per heavy atom. The van der Waals surface area contributed by atoms with E-state index in [2.05, 4.69) is 0 Å². The Kier molecular flexibility index (Phi) is 5.85. The number of carboxylic acids is 1. The smallest absolute Gasteiger partial charge is 0.410 e. The largest absolute Gasteiger partial charge is 0.481 e. The zero-order valence-corrected chi connectivity index (χ0v) is 18.5. The number of rotatable bonds is 5. The monoisotopic (exact) mass is 416 g/mol. The topological polar surface area (TPSA) is 87.2 Å². The quantitative estimate of drug-likeness (QED) is 0.789. The van der Waals surface area contributed by atoms with Gasteiger partial charge in [-0.3, -0.25) is 9.59 Å². The maximum atomic E-state index is 13.8. The molecule has 164 valence electrons. The molecule has 1 aromatic rings. The number of likely N-dealkylation sites (tertiary alicyclic amines) is 1. The van der Waals surface area contributed by atoms with Crippen LogP contribution in [0.25, 0.3) is 0 Å². The number of nitrogens with zero attached hydrogens (tertiary/aromatic N) is 2. The molecule has 3 rings (SSSR count). The van der Waals surface area contributed by atoms with Crippen LogP contribution in [0.1, 0.15) is 59.4 Å². The van der Waals surface area contributed by atoms with Crippen LogP contribution in [0.15, 0.2) is 24.3 Å². The van der Waals surface area contributed by atoms with Gasteiger partial charge in [-0.2, -0.15) is 0 Å². The summed E-state index contributed by atoms with van der Waals surface area (Å²) in [5.74, 6) is -0.878. The molecule has 0 aromatic heterocycles. The normalized spacial score (nSPS) is 23.4. The van der Waals surface area contributed by atoms with E-state index in [9.17, 15) is 14.4 Å². The SMILES string of the molecule is CC(C)[C@@H]1N(C(=O)OC(C)(C)C)CC[C@@]12C(=O)N(CCCC(=O)O)c1ccccc12. The van der Waals surface area contributed by atoms with Crippen LogP contribution >= 0.6 is 0 Å². The lowest BCUT2D eigenvalue weighted by atomic mass is 9.71. The van der Waals surface area contributed by atoms with Gasteiger partial charge in [-0.1, -0.05) is 32.0 Å². The summed E-state index contributed by atoms with van der Waals surface area (Å²) in [5, 5.41) is 9.00. The van der Waals surface area contributed by atoms with Crippen molar-refractivity contribution >= 4 is 23.7 Å². The van der Waals surface area contributed by atoms with Crippen molar-refractivity contribution in [3.8, 4) is 0 Å². The zero-order chi connectivity index (χ0) is 22.3. The molecule has 1 spiro atoms. The molecule has 7 nitrogen and oxygen atoms in total. The van der Waals surface area contributed by atoms with Gasteiger partial charge in [-0.15, -0.1) is 0 Å². The number of anilines is 1. The summed E-state index contributed by atoms with van der Waals surface area (Å²) in [6.45, 7) is 10.3. The molecule has 1 saturated heterocycles. The molecular weight excluding hydrogens is 384 g/mol. The van der Waals surface area contributed by atoms with Gasteiger partial charge in [0.15, 0.2) is 0 Å². The molecule has 1 fully saturated rings. The summed E-state index contributed by atoms with van der Waals surface area (Å²) in [7, 11) is 0. The number of fused-ring (bicyclic) bond motifs is 2. The highest BCUT2D eigenvalue weighted by Gasteiger charge is 2.62. The molecule has 0 radical (unpaired) electrons. The zero-order valence-electron chi connectivity index (χ0n) is 18.5. The number of carbonyl (C=O) groups is 3. The molecule has 0 saturated carbocycles. The van der Waals surface area contributed by atoms with Crippen molar-refractivity contribution in [2.75, 3.05) is 18.0 Å². The number of carboxylic acid groups (broad SMARTS) is 1. The molecule has 7 heteroatoms. The third-order valence-corrected chi connectivity index (χ3v) is 5.92. The molecule has 2 aliphatic rings. The summed E-state index contributed by atoms with van der Waals surface area (Å²) in [4.78, 5) is 41.2. The summed E-state index contributed by atoms with van der Waals surface area (Å²) in [6, 6.07) is 7.36. The maximum Gasteiger partial charge on any atom is 0.410 e. The van der Waals surface area contributed by atoms with Crippen molar-refractivity contribution in [2.45, 2.75) is 70.9 Å². The fraction of sp³-hybridized carbons (Fsp3) is 0.609. The highest BCUT2D eigenvalue weighted by molar-refractivity contribution is 6.09. The average molecular weight is 417 g/mol. The number of hydrogen-bond acceptors (Lipinski definition) is 4. The molecule has 2 atom stereocenters. The molecule has 0 unspecified atom stereocenters. The Morgan fingerprint density at radius 1 is 1.27 bits per heavy atom.